The van der Waals surface area contributed by atoms with Gasteiger partial charge in [-0.1, -0.05) is 12.1 Å². The lowest BCUT2D eigenvalue weighted by atomic mass is 9.81. The van der Waals surface area contributed by atoms with Gasteiger partial charge in [-0.3, -0.25) is 4.90 Å². The first-order valence-corrected chi connectivity index (χ1v) is 11.9. The summed E-state index contributed by atoms with van der Waals surface area (Å²) < 4.78 is 27.3. The summed E-state index contributed by atoms with van der Waals surface area (Å²) in [4.78, 5) is 17.1. The number of hydrogen-bond acceptors (Lipinski definition) is 4. The molecule has 0 spiro atoms. The van der Waals surface area contributed by atoms with Crippen molar-refractivity contribution in [3.8, 4) is 6.07 Å². The van der Waals surface area contributed by atoms with Crippen LogP contribution in [0.25, 0.3) is 0 Å². The quantitative estimate of drug-likeness (QED) is 0.656. The number of nitrogens with one attached hydrogen (secondary N) is 1. The molecular formula is C26H30F2N4O2. The number of likely N-dealkylation sites (tertiary alicyclic amines) is 1. The van der Waals surface area contributed by atoms with E-state index in [4.69, 9.17) is 0 Å². The zero-order valence-electron chi connectivity index (χ0n) is 19.1. The molecule has 2 N–H and O–H groups in total. The van der Waals surface area contributed by atoms with E-state index < -0.39 is 11.6 Å². The van der Waals surface area contributed by atoms with Crippen molar-refractivity contribution >= 4 is 11.7 Å². The number of anilines is 1. The van der Waals surface area contributed by atoms with Crippen LogP contribution in [0.1, 0.15) is 49.1 Å². The summed E-state index contributed by atoms with van der Waals surface area (Å²) in [6.07, 6.45) is 3.77. The van der Waals surface area contributed by atoms with Crippen molar-refractivity contribution in [1.82, 2.24) is 9.80 Å². The van der Waals surface area contributed by atoms with E-state index >= 15 is 0 Å². The molecule has 2 fully saturated rings. The number of aliphatic hydroxyl groups is 1. The van der Waals surface area contributed by atoms with Gasteiger partial charge in [0.05, 0.1) is 17.7 Å². The molecule has 2 amide bonds. The molecule has 2 aromatic carbocycles. The SMILES string of the molecule is N#Cc1cccc([C@H]2CC[C@@H](N(CCN3CC[C@@H](O)C3)C(=O)Nc3cc(F)cc(F)c3)CC2)c1. The number of amides is 2. The van der Waals surface area contributed by atoms with Crippen LogP contribution in [0.5, 0.6) is 0 Å². The van der Waals surface area contributed by atoms with Crippen molar-refractivity contribution in [3.05, 3.63) is 65.2 Å². The molecular weight excluding hydrogens is 438 g/mol. The molecule has 2 aliphatic rings. The molecule has 4 rings (SSSR count). The summed E-state index contributed by atoms with van der Waals surface area (Å²) in [5, 5.41) is 21.7. The largest absolute Gasteiger partial charge is 0.392 e. The van der Waals surface area contributed by atoms with Gasteiger partial charge in [0, 0.05) is 44.0 Å². The predicted octanol–water partition coefficient (Wildman–Crippen LogP) is 4.46. The van der Waals surface area contributed by atoms with E-state index in [1.807, 2.05) is 18.2 Å². The van der Waals surface area contributed by atoms with Crippen molar-refractivity contribution in [2.75, 3.05) is 31.5 Å². The number of carbonyl (C=O) groups is 1. The van der Waals surface area contributed by atoms with Crippen LogP contribution in [-0.2, 0) is 0 Å². The first-order valence-electron chi connectivity index (χ1n) is 11.9. The molecule has 0 unspecified atom stereocenters. The smallest absolute Gasteiger partial charge is 0.322 e. The second-order valence-corrected chi connectivity index (χ2v) is 9.27. The van der Waals surface area contributed by atoms with Gasteiger partial charge >= 0.3 is 6.03 Å². The van der Waals surface area contributed by atoms with Gasteiger partial charge in [0.2, 0.25) is 0 Å². The number of β-amino-alcohol motifs (C(OH)–C–C–N with tert-alkyl or cyclic N) is 1. The molecule has 180 valence electrons. The fraction of sp³-hybridized carbons (Fsp3) is 0.462. The van der Waals surface area contributed by atoms with Crippen molar-refractivity contribution in [3.63, 3.8) is 0 Å². The van der Waals surface area contributed by atoms with E-state index in [1.54, 1.807) is 11.0 Å². The molecule has 0 bridgehead atoms. The van der Waals surface area contributed by atoms with Gasteiger partial charge in [-0.25, -0.2) is 13.6 Å². The third-order valence-electron chi connectivity index (χ3n) is 6.90. The van der Waals surface area contributed by atoms with E-state index in [2.05, 4.69) is 16.3 Å². The highest BCUT2D eigenvalue weighted by Gasteiger charge is 2.31. The van der Waals surface area contributed by atoms with Crippen LogP contribution < -0.4 is 5.32 Å². The maximum absolute atomic E-state index is 13.6. The number of aliphatic hydroxyl groups excluding tert-OH is 1. The average molecular weight is 469 g/mol. The molecule has 6 nitrogen and oxygen atoms in total. The molecule has 34 heavy (non-hydrogen) atoms. The highest BCUT2D eigenvalue weighted by Crippen LogP contribution is 2.35. The summed E-state index contributed by atoms with van der Waals surface area (Å²) in [7, 11) is 0. The Hall–Kier alpha value is -3.02. The molecule has 0 radical (unpaired) electrons. The van der Waals surface area contributed by atoms with Crippen LogP contribution >= 0.6 is 0 Å². The second kappa shape index (κ2) is 10.9. The third-order valence-corrected chi connectivity index (χ3v) is 6.90. The van der Waals surface area contributed by atoms with Crippen LogP contribution in [0.3, 0.4) is 0 Å². The zero-order chi connectivity index (χ0) is 24.1. The van der Waals surface area contributed by atoms with Crippen LogP contribution in [0.4, 0.5) is 19.3 Å². The van der Waals surface area contributed by atoms with Gasteiger partial charge in [0.1, 0.15) is 11.6 Å². The Labute approximate surface area is 198 Å². The number of nitriles is 1. The topological polar surface area (TPSA) is 79.6 Å². The Morgan fingerprint density at radius 2 is 1.85 bits per heavy atom. The van der Waals surface area contributed by atoms with Gasteiger partial charge in [0.15, 0.2) is 0 Å². The first kappa shape index (κ1) is 24.1. The monoisotopic (exact) mass is 468 g/mol. The molecule has 8 heteroatoms. The van der Waals surface area contributed by atoms with E-state index in [0.29, 0.717) is 31.1 Å². The highest BCUT2D eigenvalue weighted by atomic mass is 19.1. The number of nitrogens with zero attached hydrogens (tertiary/aromatic N) is 3. The van der Waals surface area contributed by atoms with Crippen molar-refractivity contribution in [2.45, 2.75) is 50.2 Å². The van der Waals surface area contributed by atoms with Crippen LogP contribution in [0.15, 0.2) is 42.5 Å². The maximum atomic E-state index is 13.6. The number of rotatable bonds is 6. The summed E-state index contributed by atoms with van der Waals surface area (Å²) in [5.74, 6) is -1.15. The lowest BCUT2D eigenvalue weighted by Crippen LogP contribution is -2.47. The van der Waals surface area contributed by atoms with Gasteiger partial charge in [-0.05, 0) is 67.9 Å². The molecule has 1 saturated carbocycles. The lowest BCUT2D eigenvalue weighted by molar-refractivity contribution is 0.143. The number of urea groups is 1. The molecule has 0 aromatic heterocycles. The summed E-state index contributed by atoms with van der Waals surface area (Å²) in [6, 6.07) is 12.5. The van der Waals surface area contributed by atoms with Crippen molar-refractivity contribution in [1.29, 1.82) is 5.26 Å². The van der Waals surface area contributed by atoms with Gasteiger partial charge in [0.25, 0.3) is 0 Å². The fourth-order valence-corrected chi connectivity index (χ4v) is 5.12. The average Bonchev–Trinajstić information content (AvgIpc) is 3.24. The number of halogens is 2. The number of carbonyl (C=O) groups excluding carboxylic acids is 1. The first-order chi connectivity index (χ1) is 16.4. The zero-order valence-corrected chi connectivity index (χ0v) is 19.1. The van der Waals surface area contributed by atoms with E-state index in [9.17, 15) is 23.9 Å². The standard InChI is InChI=1S/C26H30F2N4O2/c27-21-13-22(28)15-23(14-21)30-26(34)32(11-10-31-9-8-25(33)17-31)24-6-4-19(5-7-24)20-3-1-2-18(12-20)16-29/h1-3,12-15,19,24-25,33H,4-11,17H2,(H,30,34)/t19-,24+,25-/m1/s1. The van der Waals surface area contributed by atoms with Gasteiger partial charge in [-0.15, -0.1) is 0 Å². The molecule has 1 aliphatic carbocycles. The van der Waals surface area contributed by atoms with E-state index in [1.165, 1.54) is 0 Å². The molecule has 2 aromatic rings. The normalized spacial score (nSPS) is 22.8. The van der Waals surface area contributed by atoms with E-state index in [-0.39, 0.29) is 23.9 Å². The summed E-state index contributed by atoms with van der Waals surface area (Å²) in [5.41, 5.74) is 1.89. The summed E-state index contributed by atoms with van der Waals surface area (Å²) >= 11 is 0. The Morgan fingerprint density at radius 3 is 2.50 bits per heavy atom. The Bertz CT molecular complexity index is 1030. The Balaban J connectivity index is 1.43. The van der Waals surface area contributed by atoms with Gasteiger partial charge in [-0.2, -0.15) is 5.26 Å². The lowest BCUT2D eigenvalue weighted by Gasteiger charge is -2.38. The maximum Gasteiger partial charge on any atom is 0.322 e. The van der Waals surface area contributed by atoms with Gasteiger partial charge < -0.3 is 15.3 Å². The van der Waals surface area contributed by atoms with Crippen LogP contribution in [-0.4, -0.2) is 59.3 Å². The highest BCUT2D eigenvalue weighted by molar-refractivity contribution is 5.89. The molecule has 1 saturated heterocycles. The van der Waals surface area contributed by atoms with Crippen LogP contribution in [0.2, 0.25) is 0 Å². The number of hydrogen-bond donors (Lipinski definition) is 2. The van der Waals surface area contributed by atoms with Crippen molar-refractivity contribution < 1.29 is 18.7 Å². The number of benzene rings is 2. The minimum Gasteiger partial charge on any atom is -0.392 e. The molecule has 1 heterocycles. The second-order valence-electron chi connectivity index (χ2n) is 9.27. The van der Waals surface area contributed by atoms with E-state index in [0.717, 1.165) is 62.4 Å². The van der Waals surface area contributed by atoms with Crippen LogP contribution in [0, 0.1) is 23.0 Å². The minimum atomic E-state index is -0.743. The minimum absolute atomic E-state index is 0.00123. The predicted molar refractivity (Wildman–Crippen MR) is 125 cm³/mol. The Morgan fingerprint density at radius 1 is 1.12 bits per heavy atom. The fourth-order valence-electron chi connectivity index (χ4n) is 5.12. The molecule has 1 atom stereocenters. The van der Waals surface area contributed by atoms with Crippen molar-refractivity contribution in [2.24, 2.45) is 0 Å². The Kier molecular flexibility index (Phi) is 7.76. The summed E-state index contributed by atoms with van der Waals surface area (Å²) in [6.45, 7) is 2.47. The molecule has 1 aliphatic heterocycles. The third kappa shape index (κ3) is 6.10.